The molecule has 0 saturated carbocycles. The number of carbonyl (C=O) groups is 1. The fourth-order valence-corrected chi connectivity index (χ4v) is 2.46. The molecule has 0 aliphatic rings. The molecule has 0 spiro atoms. The highest BCUT2D eigenvalue weighted by molar-refractivity contribution is 5.98. The van der Waals surface area contributed by atoms with Crippen LogP contribution in [0, 0.1) is 0 Å². The molecule has 2 N–H and O–H groups in total. The van der Waals surface area contributed by atoms with E-state index >= 15 is 0 Å². The number of methoxy groups -OCH3 is 1. The van der Waals surface area contributed by atoms with Crippen LogP contribution in [0.5, 0.6) is 5.75 Å². The molecule has 2 aromatic carbocycles. The summed E-state index contributed by atoms with van der Waals surface area (Å²) in [6.45, 7) is 3.78. The van der Waals surface area contributed by atoms with Gasteiger partial charge in [0.1, 0.15) is 0 Å². The molecule has 0 atom stereocenters. The Bertz CT molecular complexity index is 659. The van der Waals surface area contributed by atoms with Gasteiger partial charge >= 0.3 is 0 Å². The highest BCUT2D eigenvalue weighted by Crippen LogP contribution is 2.28. The van der Waals surface area contributed by atoms with Crippen LogP contribution in [-0.2, 0) is 11.3 Å². The third-order valence-corrected chi connectivity index (χ3v) is 3.63. The summed E-state index contributed by atoms with van der Waals surface area (Å²) in [5.74, 6) is 0.326. The number of anilines is 1. The number of hydrogen-bond acceptors (Lipinski definition) is 4. The lowest BCUT2D eigenvalue weighted by atomic mass is 10.1. The molecular weight excluding hydrogens is 304 g/mol. The smallest absolute Gasteiger partial charge is 0.258 e. The first-order chi connectivity index (χ1) is 11.7. The van der Waals surface area contributed by atoms with Gasteiger partial charge in [0.15, 0.2) is 5.75 Å². The van der Waals surface area contributed by atoms with Crippen molar-refractivity contribution in [2.75, 3.05) is 32.6 Å². The first-order valence-corrected chi connectivity index (χ1v) is 8.00. The molecule has 0 heterocycles. The topological polar surface area (TPSA) is 64.8 Å². The lowest BCUT2D eigenvalue weighted by Gasteiger charge is -2.24. The maximum Gasteiger partial charge on any atom is 0.258 e. The molecule has 0 unspecified atom stereocenters. The fourth-order valence-electron chi connectivity index (χ4n) is 2.46. The number of para-hydroxylation sites is 1. The first kappa shape index (κ1) is 17.8. The quantitative estimate of drug-likeness (QED) is 0.757. The second-order valence-electron chi connectivity index (χ2n) is 5.36. The minimum atomic E-state index is -0.119. The molecule has 0 aliphatic heterocycles. The van der Waals surface area contributed by atoms with Crippen molar-refractivity contribution < 1.29 is 14.3 Å². The third-order valence-electron chi connectivity index (χ3n) is 3.63. The van der Waals surface area contributed by atoms with Crippen molar-refractivity contribution in [1.29, 1.82) is 0 Å². The highest BCUT2D eigenvalue weighted by Gasteiger charge is 2.21. The maximum atomic E-state index is 13.0. The zero-order valence-corrected chi connectivity index (χ0v) is 14.2. The lowest BCUT2D eigenvalue weighted by Crippen LogP contribution is -2.33. The Morgan fingerprint density at radius 1 is 1.12 bits per heavy atom. The van der Waals surface area contributed by atoms with Gasteiger partial charge in [0.2, 0.25) is 0 Å². The zero-order valence-electron chi connectivity index (χ0n) is 14.2. The number of nitrogens with two attached hydrogens (primary N) is 1. The molecule has 128 valence electrons. The standard InChI is InChI=1S/C19H24N2O3/c1-3-24-18-16(10-7-11-17(18)20)19(22)21(12-13-23-2)14-15-8-5-4-6-9-15/h4-11H,3,12-14,20H2,1-2H3. The Balaban J connectivity index is 2.29. The predicted octanol–water partition coefficient (Wildman–Crippen LogP) is 2.96. The Morgan fingerprint density at radius 2 is 1.88 bits per heavy atom. The molecule has 0 saturated heterocycles. The summed E-state index contributed by atoms with van der Waals surface area (Å²) < 4.78 is 10.7. The van der Waals surface area contributed by atoms with E-state index in [1.165, 1.54) is 0 Å². The van der Waals surface area contributed by atoms with Crippen LogP contribution in [0.1, 0.15) is 22.8 Å². The van der Waals surface area contributed by atoms with E-state index < -0.39 is 0 Å². The van der Waals surface area contributed by atoms with Crippen molar-refractivity contribution in [3.8, 4) is 5.75 Å². The predicted molar refractivity (Wildman–Crippen MR) is 95.1 cm³/mol. The van der Waals surface area contributed by atoms with Gasteiger partial charge in [-0.25, -0.2) is 0 Å². The minimum Gasteiger partial charge on any atom is -0.491 e. The SMILES string of the molecule is CCOc1c(N)cccc1C(=O)N(CCOC)Cc1ccccc1. The Hall–Kier alpha value is -2.53. The molecule has 0 fully saturated rings. The molecule has 0 radical (unpaired) electrons. The van der Waals surface area contributed by atoms with Crippen molar-refractivity contribution >= 4 is 11.6 Å². The van der Waals surface area contributed by atoms with Crippen molar-refractivity contribution in [1.82, 2.24) is 4.90 Å². The van der Waals surface area contributed by atoms with E-state index in [4.69, 9.17) is 15.2 Å². The van der Waals surface area contributed by atoms with Crippen LogP contribution in [0.15, 0.2) is 48.5 Å². The molecule has 0 bridgehead atoms. The largest absolute Gasteiger partial charge is 0.491 e. The van der Waals surface area contributed by atoms with Crippen LogP contribution in [0.2, 0.25) is 0 Å². The van der Waals surface area contributed by atoms with Gasteiger partial charge in [-0.1, -0.05) is 36.4 Å². The molecule has 5 nitrogen and oxygen atoms in total. The number of nitrogen functional groups attached to an aromatic ring is 1. The van der Waals surface area contributed by atoms with E-state index in [2.05, 4.69) is 0 Å². The molecule has 2 aromatic rings. The van der Waals surface area contributed by atoms with Crippen molar-refractivity contribution in [3.63, 3.8) is 0 Å². The Morgan fingerprint density at radius 3 is 2.54 bits per heavy atom. The maximum absolute atomic E-state index is 13.0. The number of rotatable bonds is 8. The minimum absolute atomic E-state index is 0.119. The van der Waals surface area contributed by atoms with Gasteiger partial charge in [0.05, 0.1) is 24.5 Å². The molecule has 1 amide bonds. The fraction of sp³-hybridized carbons (Fsp3) is 0.316. The number of carbonyl (C=O) groups excluding carboxylic acids is 1. The normalized spacial score (nSPS) is 10.4. The van der Waals surface area contributed by atoms with E-state index in [9.17, 15) is 4.79 Å². The van der Waals surface area contributed by atoms with Gasteiger partial charge in [-0.05, 0) is 24.6 Å². The molecule has 24 heavy (non-hydrogen) atoms. The van der Waals surface area contributed by atoms with Crippen LogP contribution in [0.3, 0.4) is 0 Å². The van der Waals surface area contributed by atoms with Crippen molar-refractivity contribution in [2.45, 2.75) is 13.5 Å². The summed E-state index contributed by atoms with van der Waals surface area (Å²) in [4.78, 5) is 14.8. The molecule has 0 aromatic heterocycles. The van der Waals surface area contributed by atoms with Crippen molar-refractivity contribution in [3.05, 3.63) is 59.7 Å². The van der Waals surface area contributed by atoms with Gasteiger partial charge in [-0.2, -0.15) is 0 Å². The van der Waals surface area contributed by atoms with Gasteiger partial charge < -0.3 is 20.1 Å². The van der Waals surface area contributed by atoms with Crippen LogP contribution >= 0.6 is 0 Å². The summed E-state index contributed by atoms with van der Waals surface area (Å²) in [7, 11) is 1.62. The van der Waals surface area contributed by atoms with Crippen LogP contribution in [0.25, 0.3) is 0 Å². The van der Waals surface area contributed by atoms with Gasteiger partial charge in [0, 0.05) is 20.2 Å². The summed E-state index contributed by atoms with van der Waals surface area (Å²) in [6, 6.07) is 15.1. The zero-order chi connectivity index (χ0) is 17.4. The van der Waals surface area contributed by atoms with Crippen LogP contribution in [0.4, 0.5) is 5.69 Å². The summed E-state index contributed by atoms with van der Waals surface area (Å²) in [6.07, 6.45) is 0. The highest BCUT2D eigenvalue weighted by atomic mass is 16.5. The third kappa shape index (κ3) is 4.49. The molecular formula is C19H24N2O3. The van der Waals surface area contributed by atoms with E-state index in [1.807, 2.05) is 37.3 Å². The van der Waals surface area contributed by atoms with Crippen LogP contribution in [-0.4, -0.2) is 37.7 Å². The van der Waals surface area contributed by atoms with E-state index in [-0.39, 0.29) is 5.91 Å². The average molecular weight is 328 g/mol. The number of hydrogen-bond donors (Lipinski definition) is 1. The molecule has 5 heteroatoms. The van der Waals surface area contributed by atoms with E-state index in [0.29, 0.717) is 43.3 Å². The van der Waals surface area contributed by atoms with Gasteiger partial charge in [0.25, 0.3) is 5.91 Å². The number of nitrogens with zero attached hydrogens (tertiary/aromatic N) is 1. The van der Waals surface area contributed by atoms with Crippen molar-refractivity contribution in [2.24, 2.45) is 0 Å². The number of ether oxygens (including phenoxy) is 2. The molecule has 0 aliphatic carbocycles. The van der Waals surface area contributed by atoms with Gasteiger partial charge in [-0.15, -0.1) is 0 Å². The van der Waals surface area contributed by atoms with Crippen LogP contribution < -0.4 is 10.5 Å². The second kappa shape index (κ2) is 8.93. The van der Waals surface area contributed by atoms with Gasteiger partial charge in [-0.3, -0.25) is 4.79 Å². The molecule has 2 rings (SSSR count). The number of amides is 1. The monoisotopic (exact) mass is 328 g/mol. The second-order valence-corrected chi connectivity index (χ2v) is 5.36. The first-order valence-electron chi connectivity index (χ1n) is 8.00. The average Bonchev–Trinajstić information content (AvgIpc) is 2.61. The Kier molecular flexibility index (Phi) is 6.63. The van der Waals surface area contributed by atoms with E-state index in [1.54, 1.807) is 30.2 Å². The Labute approximate surface area is 143 Å². The number of benzene rings is 2. The van der Waals surface area contributed by atoms with E-state index in [0.717, 1.165) is 5.56 Å². The lowest BCUT2D eigenvalue weighted by molar-refractivity contribution is 0.0676. The summed E-state index contributed by atoms with van der Waals surface area (Å²) in [5, 5.41) is 0. The summed E-state index contributed by atoms with van der Waals surface area (Å²) >= 11 is 0. The summed E-state index contributed by atoms with van der Waals surface area (Å²) in [5.41, 5.74) is 7.98.